The van der Waals surface area contributed by atoms with Gasteiger partial charge < -0.3 is 19.5 Å². The van der Waals surface area contributed by atoms with Crippen LogP contribution in [0.3, 0.4) is 0 Å². The molecule has 7 heteroatoms. The maximum atomic E-state index is 12.2. The molecule has 0 aliphatic carbocycles. The van der Waals surface area contributed by atoms with Gasteiger partial charge in [0, 0.05) is 6.42 Å². The molecule has 0 radical (unpaired) electrons. The number of benzene rings is 2. The number of hydrogen-bond acceptors (Lipinski definition) is 6. The number of methoxy groups -OCH3 is 1. The highest BCUT2D eigenvalue weighted by Gasteiger charge is 2.18. The summed E-state index contributed by atoms with van der Waals surface area (Å²) >= 11 is 0. The zero-order valence-electron chi connectivity index (χ0n) is 15.8. The van der Waals surface area contributed by atoms with Crippen LogP contribution in [0.1, 0.15) is 25.3 Å². The molecule has 0 unspecified atom stereocenters. The molecule has 0 saturated carbocycles. The van der Waals surface area contributed by atoms with Crippen LogP contribution < -0.4 is 14.8 Å². The van der Waals surface area contributed by atoms with Crippen molar-refractivity contribution in [2.24, 2.45) is 0 Å². The first kappa shape index (κ1) is 20.8. The van der Waals surface area contributed by atoms with Crippen LogP contribution in [0.2, 0.25) is 0 Å². The summed E-state index contributed by atoms with van der Waals surface area (Å²) in [5.41, 5.74) is 0.718. The minimum absolute atomic E-state index is 0.128. The van der Waals surface area contributed by atoms with E-state index in [0.717, 1.165) is 5.75 Å². The quantitative estimate of drug-likeness (QED) is 0.528. The number of carbonyl (C=O) groups excluding carboxylic acids is 2. The summed E-state index contributed by atoms with van der Waals surface area (Å²) < 4.78 is 15.7. The first-order chi connectivity index (χ1) is 13.5. The lowest BCUT2D eigenvalue weighted by atomic mass is 10.2. The highest BCUT2D eigenvalue weighted by molar-refractivity contribution is 5.96. The summed E-state index contributed by atoms with van der Waals surface area (Å²) in [6.07, 6.45) is -0.388. The Hall–Kier alpha value is -3.53. The zero-order valence-corrected chi connectivity index (χ0v) is 15.8. The number of amides is 1. The summed E-state index contributed by atoms with van der Waals surface area (Å²) in [6.45, 7) is 1.83. The van der Waals surface area contributed by atoms with Gasteiger partial charge in [-0.05, 0) is 49.7 Å². The molecule has 0 aliphatic rings. The van der Waals surface area contributed by atoms with Crippen molar-refractivity contribution in [3.63, 3.8) is 0 Å². The topological polar surface area (TPSA) is 97.7 Å². The maximum Gasteiger partial charge on any atom is 0.306 e. The Morgan fingerprint density at radius 2 is 1.79 bits per heavy atom. The average molecular weight is 382 g/mol. The van der Waals surface area contributed by atoms with Crippen LogP contribution in [-0.2, 0) is 14.3 Å². The fourth-order valence-corrected chi connectivity index (χ4v) is 2.31. The van der Waals surface area contributed by atoms with Gasteiger partial charge in [0.2, 0.25) is 0 Å². The van der Waals surface area contributed by atoms with Crippen LogP contribution in [0.15, 0.2) is 48.5 Å². The number of nitrogens with one attached hydrogen (secondary N) is 1. The van der Waals surface area contributed by atoms with Gasteiger partial charge in [0.25, 0.3) is 5.91 Å². The predicted molar refractivity (Wildman–Crippen MR) is 103 cm³/mol. The van der Waals surface area contributed by atoms with Crippen molar-refractivity contribution >= 4 is 17.6 Å². The Balaban J connectivity index is 1.71. The Morgan fingerprint density at radius 3 is 2.46 bits per heavy atom. The van der Waals surface area contributed by atoms with Gasteiger partial charge in [0.1, 0.15) is 17.6 Å². The third-order valence-corrected chi connectivity index (χ3v) is 3.84. The van der Waals surface area contributed by atoms with Crippen LogP contribution in [0.25, 0.3) is 0 Å². The minimum atomic E-state index is -0.971. The van der Waals surface area contributed by atoms with Crippen LogP contribution >= 0.6 is 0 Å². The van der Waals surface area contributed by atoms with E-state index < -0.39 is 18.0 Å². The molecule has 0 aliphatic heterocycles. The molecule has 28 heavy (non-hydrogen) atoms. The average Bonchev–Trinajstić information content (AvgIpc) is 2.72. The number of para-hydroxylation sites is 1. The van der Waals surface area contributed by atoms with Crippen molar-refractivity contribution < 1.29 is 23.8 Å². The maximum absolute atomic E-state index is 12.2. The molecule has 146 valence electrons. The Kier molecular flexibility index (Phi) is 7.85. The fraction of sp³-hybridized carbons (Fsp3) is 0.286. The molecule has 0 bridgehead atoms. The van der Waals surface area contributed by atoms with Crippen LogP contribution in [0, 0.1) is 11.3 Å². The number of hydrogen-bond donors (Lipinski definition) is 1. The molecule has 1 atom stereocenters. The Morgan fingerprint density at radius 1 is 1.11 bits per heavy atom. The second-order valence-corrected chi connectivity index (χ2v) is 5.91. The van der Waals surface area contributed by atoms with E-state index in [0.29, 0.717) is 30.0 Å². The smallest absolute Gasteiger partial charge is 0.306 e. The van der Waals surface area contributed by atoms with Crippen molar-refractivity contribution in [3.8, 4) is 17.6 Å². The van der Waals surface area contributed by atoms with Crippen LogP contribution in [0.4, 0.5) is 5.69 Å². The number of nitrogens with zero attached hydrogens (tertiary/aromatic N) is 1. The van der Waals surface area contributed by atoms with Gasteiger partial charge in [-0.1, -0.05) is 12.1 Å². The van der Waals surface area contributed by atoms with Gasteiger partial charge in [-0.3, -0.25) is 9.59 Å². The van der Waals surface area contributed by atoms with Crippen molar-refractivity contribution in [2.45, 2.75) is 25.9 Å². The molecule has 0 saturated heterocycles. The van der Waals surface area contributed by atoms with Crippen molar-refractivity contribution in [2.75, 3.05) is 19.0 Å². The molecular formula is C21H22N2O5. The molecule has 7 nitrogen and oxygen atoms in total. The van der Waals surface area contributed by atoms with Crippen LogP contribution in [-0.4, -0.2) is 31.7 Å². The standard InChI is InChI=1S/C21H22N2O5/c1-15(21(25)23-19-7-4-3-6-16(19)14-22)28-20(24)8-5-13-27-18-11-9-17(26-2)10-12-18/h3-4,6-7,9-12,15H,5,8,13H2,1-2H3,(H,23,25)/t15-/m0/s1. The first-order valence-electron chi connectivity index (χ1n) is 8.80. The SMILES string of the molecule is COc1ccc(OCCCC(=O)O[C@@H](C)C(=O)Nc2ccccc2C#N)cc1. The van der Waals surface area contributed by atoms with E-state index in [4.69, 9.17) is 19.5 Å². The van der Waals surface area contributed by atoms with Gasteiger partial charge in [0.05, 0.1) is 25.0 Å². The van der Waals surface area contributed by atoms with Crippen molar-refractivity contribution in [1.29, 1.82) is 5.26 Å². The third kappa shape index (κ3) is 6.32. The van der Waals surface area contributed by atoms with E-state index in [1.54, 1.807) is 55.6 Å². The van der Waals surface area contributed by atoms with E-state index in [-0.39, 0.29) is 6.42 Å². The van der Waals surface area contributed by atoms with E-state index in [9.17, 15) is 9.59 Å². The minimum Gasteiger partial charge on any atom is -0.497 e. The van der Waals surface area contributed by atoms with Gasteiger partial charge in [-0.2, -0.15) is 5.26 Å². The summed E-state index contributed by atoms with van der Waals surface area (Å²) in [5, 5.41) is 11.6. The van der Waals surface area contributed by atoms with E-state index >= 15 is 0 Å². The number of rotatable bonds is 9. The molecule has 0 heterocycles. The zero-order chi connectivity index (χ0) is 20.4. The summed E-state index contributed by atoms with van der Waals surface area (Å²) in [6, 6.07) is 15.7. The van der Waals surface area contributed by atoms with Crippen molar-refractivity contribution in [1.82, 2.24) is 0 Å². The molecular weight excluding hydrogens is 360 g/mol. The molecule has 2 aromatic carbocycles. The number of carbonyl (C=O) groups is 2. The second-order valence-electron chi connectivity index (χ2n) is 5.91. The lowest BCUT2D eigenvalue weighted by Gasteiger charge is -2.14. The number of nitriles is 1. The molecule has 2 rings (SSSR count). The third-order valence-electron chi connectivity index (χ3n) is 3.84. The molecule has 1 N–H and O–H groups in total. The normalized spacial score (nSPS) is 11.0. The van der Waals surface area contributed by atoms with E-state index in [1.165, 1.54) is 6.92 Å². The highest BCUT2D eigenvalue weighted by atomic mass is 16.5. The summed E-state index contributed by atoms with van der Waals surface area (Å²) in [5.74, 6) is 0.429. The Bertz CT molecular complexity index is 843. The summed E-state index contributed by atoms with van der Waals surface area (Å²) in [4.78, 5) is 24.1. The highest BCUT2D eigenvalue weighted by Crippen LogP contribution is 2.17. The number of ether oxygens (including phenoxy) is 3. The first-order valence-corrected chi connectivity index (χ1v) is 8.80. The predicted octanol–water partition coefficient (Wildman–Crippen LogP) is 3.30. The monoisotopic (exact) mass is 382 g/mol. The van der Waals surface area contributed by atoms with Crippen LogP contribution in [0.5, 0.6) is 11.5 Å². The lowest BCUT2D eigenvalue weighted by Crippen LogP contribution is -2.30. The molecule has 1 amide bonds. The van der Waals surface area contributed by atoms with Gasteiger partial charge in [0.15, 0.2) is 6.10 Å². The molecule has 2 aromatic rings. The van der Waals surface area contributed by atoms with E-state index in [2.05, 4.69) is 5.32 Å². The van der Waals surface area contributed by atoms with Gasteiger partial charge in [-0.15, -0.1) is 0 Å². The van der Waals surface area contributed by atoms with Gasteiger partial charge in [-0.25, -0.2) is 0 Å². The Labute approximate surface area is 163 Å². The molecule has 0 fully saturated rings. The van der Waals surface area contributed by atoms with Gasteiger partial charge >= 0.3 is 5.97 Å². The fourth-order valence-electron chi connectivity index (χ4n) is 2.31. The van der Waals surface area contributed by atoms with E-state index in [1.807, 2.05) is 6.07 Å². The largest absolute Gasteiger partial charge is 0.497 e. The number of esters is 1. The lowest BCUT2D eigenvalue weighted by molar-refractivity contribution is -0.153. The molecule has 0 spiro atoms. The second kappa shape index (κ2) is 10.6. The number of anilines is 1. The van der Waals surface area contributed by atoms with Crippen molar-refractivity contribution in [3.05, 3.63) is 54.1 Å². The summed E-state index contributed by atoms with van der Waals surface area (Å²) in [7, 11) is 1.59. The molecule has 0 aromatic heterocycles.